The van der Waals surface area contributed by atoms with Crippen molar-refractivity contribution in [1.29, 1.82) is 0 Å². The molecule has 25 heavy (non-hydrogen) atoms. The summed E-state index contributed by atoms with van der Waals surface area (Å²) in [6.07, 6.45) is -0.105. The Morgan fingerprint density at radius 2 is 1.48 bits per heavy atom. The minimum absolute atomic E-state index is 0.105. The van der Waals surface area contributed by atoms with Crippen molar-refractivity contribution in [1.82, 2.24) is 4.57 Å². The third-order valence-corrected chi connectivity index (χ3v) is 4.64. The molecule has 0 fully saturated rings. The number of aromatic nitrogens is 1. The fraction of sp³-hybridized carbons (Fsp3) is 0.100. The number of carbonyl (C=O) groups excluding carboxylic acids is 1. The molecule has 0 radical (unpaired) electrons. The zero-order valence-corrected chi connectivity index (χ0v) is 15.2. The molecule has 0 aliphatic heterocycles. The van der Waals surface area contributed by atoms with E-state index in [0.29, 0.717) is 17.0 Å². The molecule has 0 saturated heterocycles. The molecule has 3 rings (SSSR count). The average molecular weight is 398 g/mol. The molecule has 1 heterocycles. The number of aliphatic carboxylic acids is 1. The predicted octanol–water partition coefficient (Wildman–Crippen LogP) is 4.31. The SMILES string of the molecule is Cn1c(CC(=O)O)ccc1C(=O)c1ccc(-c2ccc(Br)cc2)cc1. The first-order chi connectivity index (χ1) is 12.0. The summed E-state index contributed by atoms with van der Waals surface area (Å²) in [5.41, 5.74) is 3.76. The van der Waals surface area contributed by atoms with Crippen molar-refractivity contribution < 1.29 is 14.7 Å². The number of rotatable bonds is 5. The zero-order chi connectivity index (χ0) is 18.0. The Labute approximate surface area is 153 Å². The van der Waals surface area contributed by atoms with Crippen LogP contribution in [0.25, 0.3) is 11.1 Å². The molecule has 1 N–H and O–H groups in total. The Morgan fingerprint density at radius 3 is 2.04 bits per heavy atom. The van der Waals surface area contributed by atoms with Gasteiger partial charge in [0, 0.05) is 22.8 Å². The summed E-state index contributed by atoms with van der Waals surface area (Å²) in [7, 11) is 1.71. The van der Waals surface area contributed by atoms with Crippen LogP contribution in [0, 0.1) is 0 Å². The number of carbonyl (C=O) groups is 2. The first-order valence-corrected chi connectivity index (χ1v) is 8.52. The van der Waals surface area contributed by atoms with E-state index in [0.717, 1.165) is 15.6 Å². The molecule has 0 atom stereocenters. The van der Waals surface area contributed by atoms with Crippen molar-refractivity contribution in [3.63, 3.8) is 0 Å². The topological polar surface area (TPSA) is 59.3 Å². The second-order valence-corrected chi connectivity index (χ2v) is 6.67. The molecule has 0 amide bonds. The van der Waals surface area contributed by atoms with Crippen molar-refractivity contribution in [2.45, 2.75) is 6.42 Å². The van der Waals surface area contributed by atoms with Crippen LogP contribution in [0.1, 0.15) is 21.7 Å². The largest absolute Gasteiger partial charge is 0.481 e. The Kier molecular flexibility index (Phi) is 4.86. The maximum absolute atomic E-state index is 12.7. The quantitative estimate of drug-likeness (QED) is 0.652. The third kappa shape index (κ3) is 3.72. The van der Waals surface area contributed by atoms with Crippen molar-refractivity contribution in [2.75, 3.05) is 0 Å². The van der Waals surface area contributed by atoms with Crippen molar-refractivity contribution in [3.05, 3.63) is 82.1 Å². The van der Waals surface area contributed by atoms with Gasteiger partial charge >= 0.3 is 5.97 Å². The molecular weight excluding hydrogens is 382 g/mol. The van der Waals surface area contributed by atoms with E-state index >= 15 is 0 Å². The van der Waals surface area contributed by atoms with E-state index in [1.807, 2.05) is 36.4 Å². The van der Waals surface area contributed by atoms with Gasteiger partial charge in [-0.15, -0.1) is 0 Å². The number of hydrogen-bond acceptors (Lipinski definition) is 2. The highest BCUT2D eigenvalue weighted by Gasteiger charge is 2.16. The monoisotopic (exact) mass is 397 g/mol. The van der Waals surface area contributed by atoms with Gasteiger partial charge in [-0.2, -0.15) is 0 Å². The average Bonchev–Trinajstić information content (AvgIpc) is 2.95. The summed E-state index contributed by atoms with van der Waals surface area (Å²) in [5.74, 6) is -1.04. The van der Waals surface area contributed by atoms with E-state index in [1.165, 1.54) is 0 Å². The highest BCUT2D eigenvalue weighted by atomic mass is 79.9. The van der Waals surface area contributed by atoms with E-state index < -0.39 is 5.97 Å². The molecule has 5 heteroatoms. The minimum atomic E-state index is -0.918. The summed E-state index contributed by atoms with van der Waals surface area (Å²) in [4.78, 5) is 23.5. The van der Waals surface area contributed by atoms with E-state index in [1.54, 1.807) is 35.9 Å². The number of ketones is 1. The Morgan fingerprint density at radius 1 is 0.920 bits per heavy atom. The molecule has 0 bridgehead atoms. The number of carboxylic acid groups (broad SMARTS) is 1. The van der Waals surface area contributed by atoms with Gasteiger partial charge in [-0.05, 0) is 35.4 Å². The van der Waals surface area contributed by atoms with Gasteiger partial charge in [-0.1, -0.05) is 52.3 Å². The van der Waals surface area contributed by atoms with Gasteiger partial charge in [0.1, 0.15) is 0 Å². The molecule has 0 saturated carbocycles. The summed E-state index contributed by atoms with van der Waals surface area (Å²) in [6.45, 7) is 0. The smallest absolute Gasteiger partial charge is 0.309 e. The molecule has 126 valence electrons. The Bertz CT molecular complexity index is 925. The second kappa shape index (κ2) is 7.07. The van der Waals surface area contributed by atoms with E-state index in [4.69, 9.17) is 5.11 Å². The van der Waals surface area contributed by atoms with Gasteiger partial charge in [0.2, 0.25) is 5.78 Å². The van der Waals surface area contributed by atoms with Gasteiger partial charge in [0.05, 0.1) is 12.1 Å². The minimum Gasteiger partial charge on any atom is -0.481 e. The van der Waals surface area contributed by atoms with Gasteiger partial charge in [0.15, 0.2) is 0 Å². The number of hydrogen-bond donors (Lipinski definition) is 1. The zero-order valence-electron chi connectivity index (χ0n) is 13.6. The Hall–Kier alpha value is -2.66. The van der Waals surface area contributed by atoms with Crippen LogP contribution in [0.15, 0.2) is 65.1 Å². The lowest BCUT2D eigenvalue weighted by molar-refractivity contribution is -0.136. The summed E-state index contributed by atoms with van der Waals surface area (Å²) in [5, 5.41) is 8.91. The van der Waals surface area contributed by atoms with Crippen molar-refractivity contribution >= 4 is 27.7 Å². The molecule has 0 spiro atoms. The van der Waals surface area contributed by atoms with Crippen LogP contribution >= 0.6 is 15.9 Å². The lowest BCUT2D eigenvalue weighted by Gasteiger charge is -2.07. The maximum Gasteiger partial charge on any atom is 0.309 e. The molecule has 0 unspecified atom stereocenters. The molecule has 2 aromatic carbocycles. The van der Waals surface area contributed by atoms with Crippen LogP contribution in [-0.4, -0.2) is 21.4 Å². The molecule has 3 aromatic rings. The first-order valence-electron chi connectivity index (χ1n) is 7.73. The van der Waals surface area contributed by atoms with Crippen LogP contribution in [0.3, 0.4) is 0 Å². The Balaban J connectivity index is 1.85. The van der Waals surface area contributed by atoms with Crippen LogP contribution in [0.4, 0.5) is 0 Å². The fourth-order valence-electron chi connectivity index (χ4n) is 2.72. The van der Waals surface area contributed by atoms with Crippen molar-refractivity contribution in [2.24, 2.45) is 7.05 Å². The number of benzene rings is 2. The highest BCUT2D eigenvalue weighted by Crippen LogP contribution is 2.23. The normalized spacial score (nSPS) is 10.6. The highest BCUT2D eigenvalue weighted by molar-refractivity contribution is 9.10. The number of halogens is 1. The standard InChI is InChI=1S/C20H16BrNO3/c1-22-17(12-19(23)24)10-11-18(22)20(25)15-4-2-13(3-5-15)14-6-8-16(21)9-7-14/h2-11H,12H2,1H3,(H,23,24). The van der Waals surface area contributed by atoms with Crippen LogP contribution in [-0.2, 0) is 18.3 Å². The molecule has 4 nitrogen and oxygen atoms in total. The number of nitrogens with zero attached hydrogens (tertiary/aromatic N) is 1. The maximum atomic E-state index is 12.7. The number of carboxylic acids is 1. The molecule has 1 aromatic heterocycles. The lowest BCUT2D eigenvalue weighted by atomic mass is 10.0. The van der Waals surface area contributed by atoms with Crippen LogP contribution in [0.5, 0.6) is 0 Å². The molecule has 0 aliphatic carbocycles. The first kappa shape index (κ1) is 17.2. The van der Waals surface area contributed by atoms with Crippen LogP contribution in [0.2, 0.25) is 0 Å². The predicted molar refractivity (Wildman–Crippen MR) is 99.8 cm³/mol. The second-order valence-electron chi connectivity index (χ2n) is 5.75. The van der Waals surface area contributed by atoms with Gasteiger partial charge in [-0.3, -0.25) is 9.59 Å². The lowest BCUT2D eigenvalue weighted by Crippen LogP contribution is -2.11. The summed E-state index contributed by atoms with van der Waals surface area (Å²) >= 11 is 3.41. The van der Waals surface area contributed by atoms with E-state index in [9.17, 15) is 9.59 Å². The van der Waals surface area contributed by atoms with Crippen LogP contribution < -0.4 is 0 Å². The van der Waals surface area contributed by atoms with Crippen molar-refractivity contribution in [3.8, 4) is 11.1 Å². The summed E-state index contributed by atoms with van der Waals surface area (Å²) < 4.78 is 2.66. The summed E-state index contributed by atoms with van der Waals surface area (Å²) in [6, 6.07) is 18.7. The van der Waals surface area contributed by atoms with E-state index in [2.05, 4.69) is 15.9 Å². The molecular formula is C20H16BrNO3. The van der Waals surface area contributed by atoms with Gasteiger partial charge < -0.3 is 9.67 Å². The van der Waals surface area contributed by atoms with E-state index in [-0.39, 0.29) is 12.2 Å². The van der Waals surface area contributed by atoms with Gasteiger partial charge in [0.25, 0.3) is 0 Å². The van der Waals surface area contributed by atoms with Gasteiger partial charge in [-0.25, -0.2) is 0 Å². The fourth-order valence-corrected chi connectivity index (χ4v) is 2.98. The third-order valence-electron chi connectivity index (χ3n) is 4.12. The molecule has 0 aliphatic rings.